The molecule has 0 radical (unpaired) electrons. The second kappa shape index (κ2) is 6.82. The van der Waals surface area contributed by atoms with Gasteiger partial charge in [-0.3, -0.25) is 0 Å². The van der Waals surface area contributed by atoms with Gasteiger partial charge in [0.2, 0.25) is 11.9 Å². The average molecular weight is 353 g/mol. The van der Waals surface area contributed by atoms with Crippen molar-refractivity contribution >= 4 is 29.7 Å². The third kappa shape index (κ3) is 3.11. The van der Waals surface area contributed by atoms with Gasteiger partial charge < -0.3 is 15.4 Å². The molecule has 2 aliphatic rings. The van der Waals surface area contributed by atoms with Crippen LogP contribution < -0.4 is 16.3 Å². The Labute approximate surface area is 147 Å². The van der Waals surface area contributed by atoms with E-state index in [0.717, 1.165) is 23.7 Å². The summed E-state index contributed by atoms with van der Waals surface area (Å²) in [6.07, 6.45) is 0. The number of aliphatic imine (C=N–C) groups is 1. The van der Waals surface area contributed by atoms with E-state index < -0.39 is 7.21 Å². The quantitative estimate of drug-likeness (QED) is 0.836. The number of hydrogen-bond donors (Lipinski definition) is 1. The Morgan fingerprint density at radius 2 is 1.44 bits per heavy atom. The van der Waals surface area contributed by atoms with Crippen molar-refractivity contribution < 1.29 is 4.74 Å². The van der Waals surface area contributed by atoms with E-state index in [-0.39, 0.29) is 5.96 Å². The normalized spacial score (nSPS) is 19.6. The molecular weight excluding hydrogens is 333 g/mol. The maximum atomic E-state index is 6.15. The number of hydrogen-bond acceptors (Lipinski definition) is 6. The highest BCUT2D eigenvalue weighted by Gasteiger charge is 2.30. The van der Waals surface area contributed by atoms with Gasteiger partial charge >= 0.3 is 0 Å². The molecule has 2 aliphatic heterocycles. The summed E-state index contributed by atoms with van der Waals surface area (Å²) in [5.41, 5.74) is 6.15. The molecule has 0 aromatic heterocycles. The molecule has 0 amide bonds. The van der Waals surface area contributed by atoms with E-state index in [4.69, 9.17) is 20.0 Å². The number of ether oxygens (including phenoxy) is 1. The average Bonchev–Trinajstić information content (AvgIpc) is 2.69. The first-order valence-corrected chi connectivity index (χ1v) is 9.98. The molecule has 2 aromatic carbocycles. The summed E-state index contributed by atoms with van der Waals surface area (Å²) in [5.74, 6) is 0.953. The molecule has 128 valence electrons. The Morgan fingerprint density at radius 1 is 0.880 bits per heavy atom. The first kappa shape index (κ1) is 16.1. The predicted molar refractivity (Wildman–Crippen MR) is 103 cm³/mol. The summed E-state index contributed by atoms with van der Waals surface area (Å²) in [7, 11) is -2.40. The van der Waals surface area contributed by atoms with Crippen molar-refractivity contribution in [3.63, 3.8) is 0 Å². The minimum Gasteiger partial charge on any atom is -0.378 e. The molecule has 2 aromatic rings. The lowest BCUT2D eigenvalue weighted by atomic mass is 10.4. The molecule has 0 spiro atoms. The molecule has 0 saturated carbocycles. The molecule has 0 unspecified atom stereocenters. The molecule has 2 heterocycles. The molecule has 0 aliphatic carbocycles. The number of guanidine groups is 2. The zero-order valence-electron chi connectivity index (χ0n) is 13.8. The van der Waals surface area contributed by atoms with Crippen molar-refractivity contribution in [1.82, 2.24) is 4.90 Å². The molecule has 1 fully saturated rings. The highest BCUT2D eigenvalue weighted by atomic mass is 31.2. The lowest BCUT2D eigenvalue weighted by molar-refractivity contribution is 0.0677. The molecular formula is C18H20N5OP. The number of rotatable bonds is 2. The van der Waals surface area contributed by atoms with Crippen LogP contribution in [-0.2, 0) is 4.74 Å². The van der Waals surface area contributed by atoms with Crippen molar-refractivity contribution in [3.8, 4) is 0 Å². The number of nitrogens with zero attached hydrogens (tertiary/aromatic N) is 4. The van der Waals surface area contributed by atoms with Gasteiger partial charge in [-0.2, -0.15) is 4.99 Å². The Morgan fingerprint density at radius 3 is 2.00 bits per heavy atom. The van der Waals surface area contributed by atoms with E-state index in [1.165, 1.54) is 0 Å². The fraction of sp³-hybridized carbons (Fsp3) is 0.222. The van der Waals surface area contributed by atoms with Gasteiger partial charge in [0, 0.05) is 23.7 Å². The third-order valence-electron chi connectivity index (χ3n) is 4.22. The number of nitrogens with two attached hydrogens (primary N) is 1. The van der Waals surface area contributed by atoms with Crippen LogP contribution in [0, 0.1) is 0 Å². The first-order valence-electron chi connectivity index (χ1n) is 8.29. The highest BCUT2D eigenvalue weighted by Crippen LogP contribution is 2.50. The third-order valence-corrected chi connectivity index (χ3v) is 7.22. The van der Waals surface area contributed by atoms with E-state index in [1.54, 1.807) is 0 Å². The van der Waals surface area contributed by atoms with Crippen molar-refractivity contribution in [1.29, 1.82) is 0 Å². The lowest BCUT2D eigenvalue weighted by Gasteiger charge is -2.31. The molecule has 2 N–H and O–H groups in total. The van der Waals surface area contributed by atoms with Gasteiger partial charge in [-0.25, -0.2) is 9.51 Å². The summed E-state index contributed by atoms with van der Waals surface area (Å²) >= 11 is 0. The van der Waals surface area contributed by atoms with Gasteiger partial charge in [0.15, 0.2) is 0 Å². The van der Waals surface area contributed by atoms with Crippen LogP contribution in [0.5, 0.6) is 0 Å². The van der Waals surface area contributed by atoms with Crippen LogP contribution in [0.1, 0.15) is 0 Å². The molecule has 4 rings (SSSR count). The van der Waals surface area contributed by atoms with Crippen LogP contribution in [0.15, 0.2) is 75.2 Å². The summed E-state index contributed by atoms with van der Waals surface area (Å²) < 4.78 is 15.3. The molecule has 25 heavy (non-hydrogen) atoms. The maximum Gasteiger partial charge on any atom is 0.229 e. The monoisotopic (exact) mass is 353 g/mol. The molecule has 0 bridgehead atoms. The summed E-state index contributed by atoms with van der Waals surface area (Å²) in [6, 6.07) is 20.4. The fourth-order valence-electron chi connectivity index (χ4n) is 3.00. The van der Waals surface area contributed by atoms with Crippen LogP contribution >= 0.6 is 7.21 Å². The van der Waals surface area contributed by atoms with E-state index >= 15 is 0 Å². The zero-order chi connectivity index (χ0) is 17.1. The number of benzene rings is 2. The van der Waals surface area contributed by atoms with Crippen molar-refractivity contribution in [2.45, 2.75) is 0 Å². The lowest BCUT2D eigenvalue weighted by Crippen LogP contribution is -2.41. The summed E-state index contributed by atoms with van der Waals surface area (Å²) in [4.78, 5) is 6.56. The van der Waals surface area contributed by atoms with Crippen molar-refractivity contribution in [2.24, 2.45) is 20.2 Å². The second-order valence-electron chi connectivity index (χ2n) is 5.84. The van der Waals surface area contributed by atoms with Crippen LogP contribution in [0.25, 0.3) is 0 Å². The Hall–Kier alpha value is -2.43. The van der Waals surface area contributed by atoms with E-state index in [9.17, 15) is 0 Å². The largest absolute Gasteiger partial charge is 0.378 e. The maximum absolute atomic E-state index is 6.15. The standard InChI is InChI=1S/C18H20N5OP/c19-17-20-18(23-11-13-24-14-12-23)22-25(21-17,15-7-3-1-4-8-15)16-9-5-2-6-10-16/h1-10H,11-14H2,(H2,19,20,22). The molecule has 6 nitrogen and oxygen atoms in total. The van der Waals surface area contributed by atoms with Gasteiger partial charge in [0.25, 0.3) is 0 Å². The van der Waals surface area contributed by atoms with Crippen LogP contribution in [-0.4, -0.2) is 43.1 Å². The minimum atomic E-state index is -2.40. The Balaban J connectivity index is 1.91. The van der Waals surface area contributed by atoms with E-state index in [2.05, 4.69) is 34.2 Å². The van der Waals surface area contributed by atoms with Crippen LogP contribution in [0.2, 0.25) is 0 Å². The van der Waals surface area contributed by atoms with E-state index in [1.807, 2.05) is 36.4 Å². The summed E-state index contributed by atoms with van der Waals surface area (Å²) in [5, 5.41) is 2.15. The Kier molecular flexibility index (Phi) is 4.38. The van der Waals surface area contributed by atoms with Crippen molar-refractivity contribution in [2.75, 3.05) is 26.3 Å². The van der Waals surface area contributed by atoms with Crippen LogP contribution in [0.3, 0.4) is 0 Å². The fourth-order valence-corrected chi connectivity index (χ4v) is 5.75. The highest BCUT2D eigenvalue weighted by molar-refractivity contribution is 7.80. The van der Waals surface area contributed by atoms with Gasteiger partial charge in [-0.15, -0.1) is 0 Å². The van der Waals surface area contributed by atoms with Gasteiger partial charge in [-0.05, 0) is 0 Å². The Bertz CT molecular complexity index is 814. The topological polar surface area (TPSA) is 75.6 Å². The summed E-state index contributed by atoms with van der Waals surface area (Å²) in [6.45, 7) is 2.87. The number of morpholine rings is 1. The van der Waals surface area contributed by atoms with Gasteiger partial charge in [0.1, 0.15) is 7.21 Å². The van der Waals surface area contributed by atoms with Gasteiger partial charge in [-0.1, -0.05) is 60.7 Å². The first-order chi connectivity index (χ1) is 12.3. The smallest absolute Gasteiger partial charge is 0.229 e. The zero-order valence-corrected chi connectivity index (χ0v) is 14.7. The second-order valence-corrected chi connectivity index (χ2v) is 8.48. The van der Waals surface area contributed by atoms with E-state index in [0.29, 0.717) is 19.2 Å². The predicted octanol–water partition coefficient (Wildman–Crippen LogP) is 1.77. The SMILES string of the molecule is NC1=NC(N2CCOCC2)=NP(c2ccccc2)(c2ccccc2)=N1. The van der Waals surface area contributed by atoms with Gasteiger partial charge in [0.05, 0.1) is 13.2 Å². The molecule has 7 heteroatoms. The molecule has 0 atom stereocenters. The van der Waals surface area contributed by atoms with Crippen LogP contribution in [0.4, 0.5) is 0 Å². The van der Waals surface area contributed by atoms with Crippen molar-refractivity contribution in [3.05, 3.63) is 60.7 Å². The molecule has 1 saturated heterocycles. The minimum absolute atomic E-state index is 0.289.